The number of nitrogens with zero attached hydrogens (tertiary/aromatic N) is 3. The van der Waals surface area contributed by atoms with Crippen LogP contribution in [0.15, 0.2) is 49.3 Å². The van der Waals surface area contributed by atoms with Crippen molar-refractivity contribution in [2.24, 2.45) is 5.92 Å². The summed E-state index contributed by atoms with van der Waals surface area (Å²) < 4.78 is 5.25. The molecule has 1 aromatic rings. The first kappa shape index (κ1) is 19.8. The molecule has 0 aromatic carbocycles. The van der Waals surface area contributed by atoms with Gasteiger partial charge in [-0.25, -0.2) is 0 Å². The molecule has 146 valence electrons. The third-order valence-electron chi connectivity index (χ3n) is 5.37. The van der Waals surface area contributed by atoms with Gasteiger partial charge < -0.3 is 4.74 Å². The van der Waals surface area contributed by atoms with Crippen molar-refractivity contribution in [2.75, 3.05) is 24.7 Å². The van der Waals surface area contributed by atoms with E-state index in [9.17, 15) is 4.79 Å². The van der Waals surface area contributed by atoms with Crippen LogP contribution in [0.3, 0.4) is 0 Å². The van der Waals surface area contributed by atoms with Gasteiger partial charge in [0.05, 0.1) is 31.3 Å². The monoisotopic (exact) mass is 369 g/mol. The van der Waals surface area contributed by atoms with Gasteiger partial charge in [-0.1, -0.05) is 24.6 Å². The highest BCUT2D eigenvalue weighted by Crippen LogP contribution is 2.27. The number of carbonyl (C=O) groups excluding carboxylic acids is 1. The number of allylic oxidation sites excluding steroid dienone is 1. The summed E-state index contributed by atoms with van der Waals surface area (Å²) in [6.07, 6.45) is 16.6. The molecule has 0 aliphatic carbocycles. The molecule has 0 spiro atoms. The minimum absolute atomic E-state index is 0.0319. The van der Waals surface area contributed by atoms with E-state index in [4.69, 9.17) is 4.74 Å². The van der Waals surface area contributed by atoms with E-state index >= 15 is 0 Å². The number of hydrogen-bond acceptors (Lipinski definition) is 4. The molecule has 2 saturated heterocycles. The molecule has 2 aliphatic heterocycles. The zero-order chi connectivity index (χ0) is 19.1. The molecule has 0 saturated carbocycles. The first-order chi connectivity index (χ1) is 13.2. The Morgan fingerprint density at radius 1 is 1.48 bits per heavy atom. The number of unbranched alkanes of at least 4 members (excludes halogenated alkanes) is 2. The van der Waals surface area contributed by atoms with E-state index in [1.807, 2.05) is 18.2 Å². The number of carbonyl (C=O) groups is 1. The van der Waals surface area contributed by atoms with Crippen LogP contribution in [-0.4, -0.2) is 47.8 Å². The summed E-state index contributed by atoms with van der Waals surface area (Å²) in [5.74, 6) is 0.548. The third-order valence-corrected chi connectivity index (χ3v) is 5.37. The van der Waals surface area contributed by atoms with Gasteiger partial charge in [0.15, 0.2) is 0 Å². The first-order valence-electron chi connectivity index (χ1n) is 10.0. The summed E-state index contributed by atoms with van der Waals surface area (Å²) in [6.45, 7) is 8.10. The van der Waals surface area contributed by atoms with Crippen LogP contribution in [0.5, 0.6) is 0 Å². The fourth-order valence-corrected chi connectivity index (χ4v) is 3.73. The van der Waals surface area contributed by atoms with Crippen LogP contribution >= 0.6 is 0 Å². The van der Waals surface area contributed by atoms with Gasteiger partial charge in [0.25, 0.3) is 0 Å². The van der Waals surface area contributed by atoms with Crippen molar-refractivity contribution in [3.63, 3.8) is 0 Å². The minimum atomic E-state index is 0.0319. The summed E-state index contributed by atoms with van der Waals surface area (Å²) >= 11 is 0. The van der Waals surface area contributed by atoms with Crippen LogP contribution in [-0.2, 0) is 9.53 Å². The molecule has 3 atom stereocenters. The van der Waals surface area contributed by atoms with Crippen LogP contribution < -0.4 is 4.90 Å². The van der Waals surface area contributed by atoms with Crippen molar-refractivity contribution >= 4 is 11.6 Å². The predicted molar refractivity (Wildman–Crippen MR) is 108 cm³/mol. The molecule has 2 aliphatic rings. The van der Waals surface area contributed by atoms with Gasteiger partial charge in [0.2, 0.25) is 5.91 Å². The summed E-state index contributed by atoms with van der Waals surface area (Å²) in [7, 11) is 0. The van der Waals surface area contributed by atoms with Crippen LogP contribution in [0, 0.1) is 5.92 Å². The standard InChI is InChI=1S/C22H31N3O2/c1-3-20-13-19(9-6-4-5-7-11-22-16-27-22)15-24(20)17-25(18(2)26)21-10-8-12-23-14-21/h3,6,8-10,12,14,19-20,22H,1,4-5,7,11,13,15-17H2,2H3/b9-6+/t19-,20+,22?/m0/s1. The van der Waals surface area contributed by atoms with Crippen molar-refractivity contribution in [3.05, 3.63) is 49.3 Å². The molecule has 1 aromatic heterocycles. The van der Waals surface area contributed by atoms with Crippen LogP contribution in [0.2, 0.25) is 0 Å². The number of epoxide rings is 1. The molecule has 27 heavy (non-hydrogen) atoms. The fourth-order valence-electron chi connectivity index (χ4n) is 3.73. The van der Waals surface area contributed by atoms with Gasteiger partial charge in [0, 0.05) is 25.7 Å². The van der Waals surface area contributed by atoms with Crippen molar-refractivity contribution in [3.8, 4) is 0 Å². The van der Waals surface area contributed by atoms with Gasteiger partial charge in [-0.05, 0) is 43.7 Å². The lowest BCUT2D eigenvalue weighted by Gasteiger charge is -2.29. The lowest BCUT2D eigenvalue weighted by Crippen LogP contribution is -2.42. The maximum absolute atomic E-state index is 12.2. The molecule has 1 unspecified atom stereocenters. The van der Waals surface area contributed by atoms with Crippen LogP contribution in [0.1, 0.15) is 39.0 Å². The summed E-state index contributed by atoms with van der Waals surface area (Å²) in [4.78, 5) is 20.4. The summed E-state index contributed by atoms with van der Waals surface area (Å²) in [5.41, 5.74) is 0.839. The van der Waals surface area contributed by atoms with E-state index in [1.54, 1.807) is 24.2 Å². The molecule has 5 heteroatoms. The Kier molecular flexibility index (Phi) is 7.18. The van der Waals surface area contributed by atoms with E-state index in [-0.39, 0.29) is 5.91 Å². The molecule has 0 N–H and O–H groups in total. The summed E-state index contributed by atoms with van der Waals surface area (Å²) in [5, 5.41) is 0. The van der Waals surface area contributed by atoms with Crippen LogP contribution in [0.4, 0.5) is 5.69 Å². The van der Waals surface area contributed by atoms with Gasteiger partial charge in [-0.15, -0.1) is 6.58 Å². The summed E-state index contributed by atoms with van der Waals surface area (Å²) in [6, 6.07) is 4.09. The fraction of sp³-hybridized carbons (Fsp3) is 0.545. The largest absolute Gasteiger partial charge is 0.373 e. The zero-order valence-electron chi connectivity index (χ0n) is 16.3. The Bertz CT molecular complexity index is 642. The van der Waals surface area contributed by atoms with E-state index in [2.05, 4.69) is 28.6 Å². The number of amides is 1. The molecular weight excluding hydrogens is 338 g/mol. The van der Waals surface area contributed by atoms with E-state index < -0.39 is 0 Å². The lowest BCUT2D eigenvalue weighted by atomic mass is 10.0. The molecule has 2 fully saturated rings. The quantitative estimate of drug-likeness (QED) is 0.358. The van der Waals surface area contributed by atoms with Crippen LogP contribution in [0.25, 0.3) is 0 Å². The average molecular weight is 370 g/mol. The predicted octanol–water partition coefficient (Wildman–Crippen LogP) is 3.78. The Labute approximate surface area is 162 Å². The normalized spacial score (nSPS) is 25.0. The SMILES string of the molecule is C=C[C@@H]1C[C@H](/C=C/CCCCC2CO2)CN1CN(C(C)=O)c1cccnc1. The Morgan fingerprint density at radius 2 is 2.33 bits per heavy atom. The highest BCUT2D eigenvalue weighted by molar-refractivity contribution is 5.91. The number of pyridine rings is 1. The third kappa shape index (κ3) is 6.01. The number of aromatic nitrogens is 1. The number of ether oxygens (including phenoxy) is 1. The number of rotatable bonds is 10. The minimum Gasteiger partial charge on any atom is -0.373 e. The smallest absolute Gasteiger partial charge is 0.225 e. The molecule has 1 amide bonds. The van der Waals surface area contributed by atoms with Gasteiger partial charge in [-0.2, -0.15) is 0 Å². The molecule has 0 radical (unpaired) electrons. The van der Waals surface area contributed by atoms with Crippen molar-refractivity contribution in [1.29, 1.82) is 0 Å². The maximum Gasteiger partial charge on any atom is 0.225 e. The van der Waals surface area contributed by atoms with Crippen molar-refractivity contribution in [1.82, 2.24) is 9.88 Å². The Hall–Kier alpha value is -1.98. The van der Waals surface area contributed by atoms with E-state index in [0.29, 0.717) is 24.7 Å². The van der Waals surface area contributed by atoms with Crippen molar-refractivity contribution in [2.45, 2.75) is 51.2 Å². The molecule has 3 rings (SSSR count). The molecular formula is C22H31N3O2. The topological polar surface area (TPSA) is 49.0 Å². The zero-order valence-corrected chi connectivity index (χ0v) is 16.3. The molecule has 0 bridgehead atoms. The highest BCUT2D eigenvalue weighted by atomic mass is 16.6. The lowest BCUT2D eigenvalue weighted by molar-refractivity contribution is -0.117. The van der Waals surface area contributed by atoms with Crippen molar-refractivity contribution < 1.29 is 9.53 Å². The Morgan fingerprint density at radius 3 is 3.00 bits per heavy atom. The van der Waals surface area contributed by atoms with E-state index in [1.165, 1.54) is 19.3 Å². The van der Waals surface area contributed by atoms with Gasteiger partial charge in [0.1, 0.15) is 0 Å². The molecule has 5 nitrogen and oxygen atoms in total. The number of hydrogen-bond donors (Lipinski definition) is 0. The second-order valence-electron chi connectivity index (χ2n) is 7.54. The van der Waals surface area contributed by atoms with E-state index in [0.717, 1.165) is 31.7 Å². The molecule has 3 heterocycles. The second-order valence-corrected chi connectivity index (χ2v) is 7.54. The Balaban J connectivity index is 1.50. The average Bonchev–Trinajstić information content (AvgIpc) is 3.42. The van der Waals surface area contributed by atoms with Gasteiger partial charge in [-0.3, -0.25) is 19.6 Å². The maximum atomic E-state index is 12.2. The number of likely N-dealkylation sites (tertiary alicyclic amines) is 1. The highest BCUT2D eigenvalue weighted by Gasteiger charge is 2.30. The second kappa shape index (κ2) is 9.81. The number of anilines is 1. The van der Waals surface area contributed by atoms with Gasteiger partial charge >= 0.3 is 0 Å². The first-order valence-corrected chi connectivity index (χ1v) is 10.0.